The molecule has 0 spiro atoms. The number of nitro benzene ring substituents is 1. The first kappa shape index (κ1) is 32.6. The first-order valence-electron chi connectivity index (χ1n) is 15.1. The van der Waals surface area contributed by atoms with Gasteiger partial charge in [0.2, 0.25) is 5.91 Å². The molecular weight excluding hydrogens is 638 g/mol. The van der Waals surface area contributed by atoms with Crippen molar-refractivity contribution in [2.75, 3.05) is 45.3 Å². The normalized spacial score (nSPS) is 14.5. The summed E-state index contributed by atoms with van der Waals surface area (Å²) in [6.45, 7) is 0.873. The van der Waals surface area contributed by atoms with Gasteiger partial charge in [0, 0.05) is 41.5 Å². The van der Waals surface area contributed by atoms with Crippen molar-refractivity contribution in [1.82, 2.24) is 9.88 Å². The lowest BCUT2D eigenvalue weighted by Crippen LogP contribution is -2.31. The lowest BCUT2D eigenvalue weighted by Gasteiger charge is -2.17. The number of carbonyl (C=O) groups is 2. The zero-order valence-corrected chi connectivity index (χ0v) is 27.0. The zero-order chi connectivity index (χ0) is 34.2. The number of H-pyrrole nitrogens is 1. The average molecular weight is 672 g/mol. The summed E-state index contributed by atoms with van der Waals surface area (Å²) >= 11 is 0. The molecule has 0 bridgehead atoms. The van der Waals surface area contributed by atoms with E-state index < -0.39 is 32.8 Å². The van der Waals surface area contributed by atoms with E-state index >= 15 is 0 Å². The van der Waals surface area contributed by atoms with Crippen LogP contribution in [-0.2, 0) is 20.1 Å². The molecule has 48 heavy (non-hydrogen) atoms. The molecule has 3 N–H and O–H groups in total. The summed E-state index contributed by atoms with van der Waals surface area (Å²) in [4.78, 5) is 44.3. The molecule has 0 saturated carbocycles. The Labute approximate surface area is 276 Å². The largest absolute Gasteiger partial charge is 0.492 e. The van der Waals surface area contributed by atoms with E-state index in [4.69, 9.17) is 14.7 Å². The molecule has 6 rings (SSSR count). The smallest absolute Gasteiger partial charge is 0.279 e. The predicted octanol–water partition coefficient (Wildman–Crippen LogP) is 4.56. The second-order valence-corrected chi connectivity index (χ2v) is 13.5. The number of nitrogens with zero attached hydrogens (tertiary/aromatic N) is 3. The molecule has 2 amide bonds. The van der Waals surface area contributed by atoms with E-state index in [2.05, 4.69) is 4.98 Å². The fourth-order valence-electron chi connectivity index (χ4n) is 5.92. The third-order valence-electron chi connectivity index (χ3n) is 8.23. The number of benzene rings is 4. The number of fused-ring (bicyclic) bond motifs is 4. The quantitative estimate of drug-likeness (QED) is 0.109. The van der Waals surface area contributed by atoms with Gasteiger partial charge in [-0.2, -0.15) is 8.42 Å². The predicted molar refractivity (Wildman–Crippen MR) is 181 cm³/mol. The van der Waals surface area contributed by atoms with Crippen LogP contribution in [0.2, 0.25) is 0 Å². The molecule has 1 atom stereocenters. The van der Waals surface area contributed by atoms with E-state index in [1.54, 1.807) is 48.5 Å². The maximum atomic E-state index is 14.1. The number of hydrogen-bond acceptors (Lipinski definition) is 9. The standard InChI is InChI=1S/C34H33N5O8S/c1-37(2)12-13-46-25-9-11-28-23(14-25)16-29(36-28)34(41)38-18-24(19-47-48(44,45)20-21-6-4-3-5-7-21)32-26-10-8-22(33(35)40)15-27(26)30(39(42)43)17-31(32)38/h3-11,14-17,24,36H,12-13,18-20H2,1-2H3,(H2,35,40). The minimum atomic E-state index is -4.03. The maximum absolute atomic E-state index is 14.1. The van der Waals surface area contributed by atoms with Crippen LogP contribution in [0.25, 0.3) is 21.7 Å². The minimum absolute atomic E-state index is 0.0167. The number of nitro groups is 1. The fraction of sp³-hybridized carbons (Fsp3) is 0.235. The molecule has 1 aromatic heterocycles. The number of hydrogen-bond donors (Lipinski definition) is 2. The van der Waals surface area contributed by atoms with Crippen molar-refractivity contribution >= 4 is 55.0 Å². The molecule has 5 aromatic rings. The lowest BCUT2D eigenvalue weighted by atomic mass is 9.93. The van der Waals surface area contributed by atoms with E-state index in [9.17, 15) is 28.1 Å². The van der Waals surface area contributed by atoms with Crippen LogP contribution in [0.3, 0.4) is 0 Å². The number of nitrogens with one attached hydrogen (secondary N) is 1. The number of rotatable bonds is 12. The number of non-ortho nitro benzene ring substituents is 1. The fourth-order valence-corrected chi connectivity index (χ4v) is 6.98. The van der Waals surface area contributed by atoms with Crippen LogP contribution in [0.15, 0.2) is 78.9 Å². The first-order valence-corrected chi connectivity index (χ1v) is 16.7. The van der Waals surface area contributed by atoms with Gasteiger partial charge in [0.25, 0.3) is 21.7 Å². The summed E-state index contributed by atoms with van der Waals surface area (Å²) in [7, 11) is -0.139. The van der Waals surface area contributed by atoms with Crippen molar-refractivity contribution in [3.63, 3.8) is 0 Å². The van der Waals surface area contributed by atoms with Crippen molar-refractivity contribution in [2.24, 2.45) is 5.73 Å². The van der Waals surface area contributed by atoms with Crippen molar-refractivity contribution in [1.29, 1.82) is 0 Å². The number of likely N-dealkylation sites (N-methyl/N-ethyl adjacent to an activating group) is 1. The van der Waals surface area contributed by atoms with Crippen LogP contribution in [0.4, 0.5) is 11.4 Å². The molecule has 1 aliphatic rings. The van der Waals surface area contributed by atoms with Crippen LogP contribution in [0, 0.1) is 10.1 Å². The molecule has 0 aliphatic carbocycles. The molecule has 1 aliphatic heterocycles. The maximum Gasteiger partial charge on any atom is 0.279 e. The zero-order valence-electron chi connectivity index (χ0n) is 26.2. The molecule has 248 valence electrons. The van der Waals surface area contributed by atoms with Crippen LogP contribution in [0.5, 0.6) is 5.75 Å². The molecule has 0 radical (unpaired) electrons. The van der Waals surface area contributed by atoms with Gasteiger partial charge in [-0.25, -0.2) is 0 Å². The Kier molecular flexibility index (Phi) is 8.88. The van der Waals surface area contributed by atoms with Crippen LogP contribution in [0.1, 0.15) is 37.9 Å². The molecule has 13 nitrogen and oxygen atoms in total. The Hall–Kier alpha value is -5.31. The SMILES string of the molecule is CN(C)CCOc1ccc2[nH]c(C(=O)N3CC(COS(=O)(=O)Cc4ccccc4)c4c3cc([N+](=O)[O-])c3cc(C(N)=O)ccc43)cc2c1. The summed E-state index contributed by atoms with van der Waals surface area (Å²) in [5.74, 6) is -1.63. The molecular formula is C34H33N5O8S. The Morgan fingerprint density at radius 1 is 1.04 bits per heavy atom. The summed E-state index contributed by atoms with van der Waals surface area (Å²) in [6, 6.07) is 21.3. The number of nitrogens with two attached hydrogens (primary N) is 1. The second-order valence-electron chi connectivity index (χ2n) is 11.9. The number of primary amides is 1. The highest BCUT2D eigenvalue weighted by Crippen LogP contribution is 2.46. The highest BCUT2D eigenvalue weighted by molar-refractivity contribution is 7.85. The van der Waals surface area contributed by atoms with Gasteiger partial charge in [0.1, 0.15) is 23.8 Å². The number of anilines is 1. The van der Waals surface area contributed by atoms with Crippen LogP contribution < -0.4 is 15.4 Å². The molecule has 1 unspecified atom stereocenters. The third-order valence-corrected chi connectivity index (χ3v) is 9.41. The molecule has 4 aromatic carbocycles. The second kappa shape index (κ2) is 13.1. The summed E-state index contributed by atoms with van der Waals surface area (Å²) in [5.41, 5.74) is 7.40. The van der Waals surface area contributed by atoms with Gasteiger partial charge in [0.15, 0.2) is 0 Å². The Morgan fingerprint density at radius 2 is 1.81 bits per heavy atom. The van der Waals surface area contributed by atoms with Gasteiger partial charge in [-0.15, -0.1) is 0 Å². The molecule has 14 heteroatoms. The van der Waals surface area contributed by atoms with E-state index in [0.717, 1.165) is 11.9 Å². The highest BCUT2D eigenvalue weighted by atomic mass is 32.2. The Morgan fingerprint density at radius 3 is 2.52 bits per heavy atom. The monoisotopic (exact) mass is 671 g/mol. The average Bonchev–Trinajstić information content (AvgIpc) is 3.64. The topological polar surface area (TPSA) is 178 Å². The summed E-state index contributed by atoms with van der Waals surface area (Å²) in [6.07, 6.45) is 0. The summed E-state index contributed by atoms with van der Waals surface area (Å²) in [5, 5.41) is 13.5. The van der Waals surface area contributed by atoms with Crippen LogP contribution >= 0.6 is 0 Å². The molecule has 0 fully saturated rings. The van der Waals surface area contributed by atoms with Gasteiger partial charge in [0.05, 0.1) is 22.6 Å². The summed E-state index contributed by atoms with van der Waals surface area (Å²) < 4.78 is 37.3. The van der Waals surface area contributed by atoms with Crippen molar-refractivity contribution < 1.29 is 31.9 Å². The number of aromatic amines is 1. The number of ether oxygens (including phenoxy) is 1. The van der Waals surface area contributed by atoms with Gasteiger partial charge < -0.3 is 25.3 Å². The Bertz CT molecular complexity index is 2170. The van der Waals surface area contributed by atoms with Gasteiger partial charge >= 0.3 is 0 Å². The van der Waals surface area contributed by atoms with E-state index in [1.165, 1.54) is 29.2 Å². The van der Waals surface area contributed by atoms with E-state index in [1.807, 2.05) is 25.1 Å². The molecule has 0 saturated heterocycles. The lowest BCUT2D eigenvalue weighted by molar-refractivity contribution is -0.383. The van der Waals surface area contributed by atoms with Gasteiger partial charge in [-0.3, -0.25) is 23.9 Å². The Balaban J connectivity index is 1.38. The minimum Gasteiger partial charge on any atom is -0.492 e. The number of amides is 2. The van der Waals surface area contributed by atoms with Crippen molar-refractivity contribution in [3.8, 4) is 5.75 Å². The van der Waals surface area contributed by atoms with Gasteiger partial charge in [-0.05, 0) is 67.0 Å². The highest BCUT2D eigenvalue weighted by Gasteiger charge is 2.38. The number of aromatic nitrogens is 1. The van der Waals surface area contributed by atoms with Crippen molar-refractivity contribution in [3.05, 3.63) is 111 Å². The number of carbonyl (C=O) groups excluding carboxylic acids is 2. The molecule has 2 heterocycles. The van der Waals surface area contributed by atoms with Crippen molar-refractivity contribution in [2.45, 2.75) is 11.7 Å². The van der Waals surface area contributed by atoms with E-state index in [0.29, 0.717) is 34.4 Å². The third kappa shape index (κ3) is 6.72. The first-order chi connectivity index (χ1) is 22.9. The van der Waals surface area contributed by atoms with Crippen LogP contribution in [-0.4, -0.2) is 75.4 Å². The van der Waals surface area contributed by atoms with E-state index in [-0.39, 0.29) is 46.9 Å². The van der Waals surface area contributed by atoms with Gasteiger partial charge in [-0.1, -0.05) is 36.4 Å².